The smallest absolute Gasteiger partial charge is 0.303 e. The lowest BCUT2D eigenvalue weighted by molar-refractivity contribution is -0.139. The third kappa shape index (κ3) is 3.00. The summed E-state index contributed by atoms with van der Waals surface area (Å²) >= 11 is 0. The van der Waals surface area contributed by atoms with Crippen molar-refractivity contribution < 1.29 is 19.5 Å². The number of carbonyl (C=O) groups is 3. The summed E-state index contributed by atoms with van der Waals surface area (Å²) in [5.41, 5.74) is 0. The number of nitrogens with one attached hydrogen (secondary N) is 1. The fourth-order valence-corrected chi connectivity index (χ4v) is 2.62. The Morgan fingerprint density at radius 2 is 1.94 bits per heavy atom. The molecule has 1 unspecified atom stereocenters. The van der Waals surface area contributed by atoms with Crippen LogP contribution in [-0.2, 0) is 14.4 Å². The molecule has 2 heterocycles. The molecule has 6 nitrogen and oxygen atoms in total. The maximum atomic E-state index is 12.1. The first-order valence-electron chi connectivity index (χ1n) is 6.36. The predicted octanol–water partition coefficient (Wildman–Crippen LogP) is -0.0217. The van der Waals surface area contributed by atoms with Gasteiger partial charge in [0.2, 0.25) is 11.8 Å². The van der Waals surface area contributed by atoms with E-state index < -0.39 is 5.97 Å². The van der Waals surface area contributed by atoms with Crippen molar-refractivity contribution in [1.29, 1.82) is 0 Å². The maximum absolute atomic E-state index is 12.1. The van der Waals surface area contributed by atoms with Gasteiger partial charge in [0.05, 0.1) is 0 Å². The van der Waals surface area contributed by atoms with Gasteiger partial charge in [0, 0.05) is 25.9 Å². The van der Waals surface area contributed by atoms with E-state index in [2.05, 4.69) is 5.32 Å². The van der Waals surface area contributed by atoms with E-state index in [4.69, 9.17) is 5.11 Å². The van der Waals surface area contributed by atoms with Crippen molar-refractivity contribution in [1.82, 2.24) is 10.2 Å². The lowest BCUT2D eigenvalue weighted by Gasteiger charge is -2.32. The second-order valence-electron chi connectivity index (χ2n) is 5.03. The molecule has 0 bridgehead atoms. The second kappa shape index (κ2) is 5.37. The van der Waals surface area contributed by atoms with Gasteiger partial charge in [0.1, 0.15) is 6.04 Å². The van der Waals surface area contributed by atoms with Gasteiger partial charge < -0.3 is 15.3 Å². The van der Waals surface area contributed by atoms with Crippen molar-refractivity contribution in [3.05, 3.63) is 0 Å². The molecule has 2 fully saturated rings. The number of hydrogen-bond donors (Lipinski definition) is 2. The van der Waals surface area contributed by atoms with Crippen LogP contribution in [0.25, 0.3) is 0 Å². The molecule has 2 saturated heterocycles. The first-order valence-corrected chi connectivity index (χ1v) is 6.36. The Hall–Kier alpha value is -1.59. The minimum absolute atomic E-state index is 0.0189. The summed E-state index contributed by atoms with van der Waals surface area (Å²) in [4.78, 5) is 35.5. The van der Waals surface area contributed by atoms with Crippen LogP contribution in [0, 0.1) is 5.92 Å². The van der Waals surface area contributed by atoms with Crippen LogP contribution >= 0.6 is 0 Å². The number of rotatable bonds is 3. The van der Waals surface area contributed by atoms with Gasteiger partial charge in [-0.3, -0.25) is 14.4 Å². The van der Waals surface area contributed by atoms with Crippen LogP contribution in [0.1, 0.15) is 32.1 Å². The molecule has 2 rings (SSSR count). The summed E-state index contributed by atoms with van der Waals surface area (Å²) in [6.07, 6.45) is 2.65. The molecule has 1 atom stereocenters. The molecule has 2 aliphatic rings. The zero-order chi connectivity index (χ0) is 13.1. The van der Waals surface area contributed by atoms with Crippen LogP contribution in [0.4, 0.5) is 0 Å². The van der Waals surface area contributed by atoms with E-state index in [-0.39, 0.29) is 30.2 Å². The Morgan fingerprint density at radius 1 is 1.28 bits per heavy atom. The van der Waals surface area contributed by atoms with Crippen molar-refractivity contribution in [3.8, 4) is 0 Å². The fraction of sp³-hybridized carbons (Fsp3) is 0.750. The largest absolute Gasteiger partial charge is 0.481 e. The van der Waals surface area contributed by atoms with Crippen LogP contribution in [0.2, 0.25) is 0 Å². The highest BCUT2D eigenvalue weighted by Crippen LogP contribution is 2.22. The molecule has 0 aliphatic carbocycles. The molecule has 0 spiro atoms. The third-order valence-electron chi connectivity index (χ3n) is 3.68. The van der Waals surface area contributed by atoms with E-state index in [1.807, 2.05) is 0 Å². The summed E-state index contributed by atoms with van der Waals surface area (Å²) in [6.45, 7) is 1.20. The van der Waals surface area contributed by atoms with Crippen LogP contribution in [0.5, 0.6) is 0 Å². The highest BCUT2D eigenvalue weighted by atomic mass is 16.4. The van der Waals surface area contributed by atoms with E-state index in [1.54, 1.807) is 4.90 Å². The Labute approximate surface area is 105 Å². The topological polar surface area (TPSA) is 86.7 Å². The first kappa shape index (κ1) is 12.9. The molecule has 0 radical (unpaired) electrons. The Morgan fingerprint density at radius 3 is 2.44 bits per heavy atom. The number of carboxylic acids is 1. The molecular weight excluding hydrogens is 236 g/mol. The quantitative estimate of drug-likeness (QED) is 0.741. The Bertz CT molecular complexity index is 361. The van der Waals surface area contributed by atoms with Gasteiger partial charge in [-0.05, 0) is 25.2 Å². The van der Waals surface area contributed by atoms with Gasteiger partial charge in [-0.15, -0.1) is 0 Å². The lowest BCUT2D eigenvalue weighted by Crippen LogP contribution is -2.47. The standard InChI is InChI=1S/C12H18N2O4/c15-10-2-1-9(13-10)12(18)14-5-3-8(4-6-14)7-11(16)17/h8-9H,1-7H2,(H,13,15)(H,16,17). The van der Waals surface area contributed by atoms with Gasteiger partial charge in [-0.1, -0.05) is 0 Å². The number of carboxylic acid groups (broad SMARTS) is 1. The molecule has 6 heteroatoms. The SMILES string of the molecule is O=C(O)CC1CCN(C(=O)C2CCC(=O)N2)CC1. The van der Waals surface area contributed by atoms with Gasteiger partial charge >= 0.3 is 5.97 Å². The minimum Gasteiger partial charge on any atom is -0.481 e. The minimum atomic E-state index is -0.775. The molecule has 0 aromatic carbocycles. The first-order chi connectivity index (χ1) is 8.56. The Kier molecular flexibility index (Phi) is 3.84. The summed E-state index contributed by atoms with van der Waals surface area (Å²) in [5.74, 6) is -0.684. The molecule has 2 amide bonds. The van der Waals surface area contributed by atoms with E-state index in [0.717, 1.165) is 12.8 Å². The molecule has 2 N–H and O–H groups in total. The van der Waals surface area contributed by atoms with E-state index in [1.165, 1.54) is 0 Å². The highest BCUT2D eigenvalue weighted by molar-refractivity contribution is 5.90. The number of piperidine rings is 1. The number of amides is 2. The molecule has 0 saturated carbocycles. The third-order valence-corrected chi connectivity index (χ3v) is 3.68. The molecule has 2 aliphatic heterocycles. The summed E-state index contributed by atoms with van der Waals surface area (Å²) in [5, 5.41) is 11.4. The Balaban J connectivity index is 1.80. The van der Waals surface area contributed by atoms with Crippen LogP contribution in [0.3, 0.4) is 0 Å². The second-order valence-corrected chi connectivity index (χ2v) is 5.03. The van der Waals surface area contributed by atoms with Crippen LogP contribution in [-0.4, -0.2) is 46.9 Å². The highest BCUT2D eigenvalue weighted by Gasteiger charge is 2.32. The summed E-state index contributed by atoms with van der Waals surface area (Å²) < 4.78 is 0. The zero-order valence-corrected chi connectivity index (χ0v) is 10.2. The molecule has 100 valence electrons. The average Bonchev–Trinajstić information content (AvgIpc) is 2.75. The van der Waals surface area contributed by atoms with Crippen molar-refractivity contribution in [3.63, 3.8) is 0 Å². The number of nitrogens with zero attached hydrogens (tertiary/aromatic N) is 1. The van der Waals surface area contributed by atoms with E-state index >= 15 is 0 Å². The number of carbonyl (C=O) groups excluding carboxylic acids is 2. The van der Waals surface area contributed by atoms with Crippen molar-refractivity contribution in [2.24, 2.45) is 5.92 Å². The van der Waals surface area contributed by atoms with Crippen molar-refractivity contribution in [2.45, 2.75) is 38.1 Å². The van der Waals surface area contributed by atoms with E-state index in [0.29, 0.717) is 25.9 Å². The fourth-order valence-electron chi connectivity index (χ4n) is 2.62. The van der Waals surface area contributed by atoms with Crippen LogP contribution in [0.15, 0.2) is 0 Å². The summed E-state index contributed by atoms with van der Waals surface area (Å²) in [6, 6.07) is -0.367. The lowest BCUT2D eigenvalue weighted by atomic mass is 9.93. The van der Waals surface area contributed by atoms with Gasteiger partial charge in [-0.2, -0.15) is 0 Å². The van der Waals surface area contributed by atoms with Crippen molar-refractivity contribution in [2.75, 3.05) is 13.1 Å². The molecule has 0 aromatic rings. The molecule has 0 aromatic heterocycles. The molecular formula is C12H18N2O4. The zero-order valence-electron chi connectivity index (χ0n) is 10.2. The van der Waals surface area contributed by atoms with Gasteiger partial charge in [-0.25, -0.2) is 0 Å². The number of hydrogen-bond acceptors (Lipinski definition) is 3. The van der Waals surface area contributed by atoms with Crippen molar-refractivity contribution >= 4 is 17.8 Å². The number of likely N-dealkylation sites (tertiary alicyclic amines) is 1. The normalized spacial score (nSPS) is 25.0. The van der Waals surface area contributed by atoms with Gasteiger partial charge in [0.15, 0.2) is 0 Å². The maximum Gasteiger partial charge on any atom is 0.303 e. The summed E-state index contributed by atoms with van der Waals surface area (Å²) in [7, 11) is 0. The monoisotopic (exact) mass is 254 g/mol. The predicted molar refractivity (Wildman–Crippen MR) is 62.7 cm³/mol. The van der Waals surface area contributed by atoms with Crippen LogP contribution < -0.4 is 5.32 Å². The number of aliphatic carboxylic acids is 1. The van der Waals surface area contributed by atoms with Gasteiger partial charge in [0.25, 0.3) is 0 Å². The average molecular weight is 254 g/mol. The van der Waals surface area contributed by atoms with E-state index in [9.17, 15) is 14.4 Å². The molecule has 18 heavy (non-hydrogen) atoms.